The minimum Gasteiger partial charge on any atom is -0.322 e. The van der Waals surface area contributed by atoms with Gasteiger partial charge in [-0.15, -0.1) is 0 Å². The molecule has 2 atom stereocenters. The van der Waals surface area contributed by atoms with Gasteiger partial charge in [-0.3, -0.25) is 19.7 Å². The number of nitrogens with zero attached hydrogens (tertiary/aromatic N) is 1. The van der Waals surface area contributed by atoms with E-state index in [1.165, 1.54) is 0 Å². The molecular weight excluding hydrogens is 364 g/mol. The highest BCUT2D eigenvalue weighted by molar-refractivity contribution is 7.99. The fraction of sp³-hybridized carbons (Fsp3) is 0.526. The molecule has 3 aliphatic rings. The molecule has 1 aromatic rings. The minimum atomic E-state index is -0.564. The van der Waals surface area contributed by atoms with Crippen LogP contribution < -0.4 is 16.0 Å². The zero-order chi connectivity index (χ0) is 18.8. The van der Waals surface area contributed by atoms with Crippen molar-refractivity contribution in [3.63, 3.8) is 0 Å². The molecule has 1 aromatic carbocycles. The van der Waals surface area contributed by atoms with Crippen LogP contribution >= 0.6 is 11.8 Å². The van der Waals surface area contributed by atoms with Crippen LogP contribution in [-0.4, -0.2) is 59.3 Å². The molecule has 0 aromatic heterocycles. The number of imide groups is 1. The van der Waals surface area contributed by atoms with Crippen molar-refractivity contribution in [1.29, 1.82) is 0 Å². The second-order valence-corrected chi connectivity index (χ2v) is 8.36. The fourth-order valence-electron chi connectivity index (χ4n) is 3.93. The van der Waals surface area contributed by atoms with Crippen LogP contribution in [0.1, 0.15) is 34.3 Å². The predicted octanol–water partition coefficient (Wildman–Crippen LogP) is 0.242. The highest BCUT2D eigenvalue weighted by Crippen LogP contribution is 2.29. The van der Waals surface area contributed by atoms with Crippen molar-refractivity contribution in [3.8, 4) is 0 Å². The summed E-state index contributed by atoms with van der Waals surface area (Å²) in [4.78, 5) is 38.3. The normalized spacial score (nSPS) is 25.9. The Bertz CT molecular complexity index is 761. The third-order valence-electron chi connectivity index (χ3n) is 5.35. The predicted molar refractivity (Wildman–Crippen MR) is 103 cm³/mol. The molecule has 144 valence electrons. The number of fused-ring (bicyclic) bond motifs is 1. The number of hydrogen-bond acceptors (Lipinski definition) is 6. The van der Waals surface area contributed by atoms with Crippen LogP contribution in [0, 0.1) is 0 Å². The highest BCUT2D eigenvalue weighted by Gasteiger charge is 2.39. The number of rotatable bonds is 4. The zero-order valence-electron chi connectivity index (χ0n) is 15.1. The molecule has 0 saturated carbocycles. The van der Waals surface area contributed by atoms with Crippen LogP contribution in [0.3, 0.4) is 0 Å². The number of piperidine rings is 1. The number of carbonyl (C=O) groups excluding carboxylic acids is 3. The Labute approximate surface area is 162 Å². The fourth-order valence-corrected chi connectivity index (χ4v) is 4.90. The van der Waals surface area contributed by atoms with E-state index in [0.717, 1.165) is 35.7 Å². The van der Waals surface area contributed by atoms with Crippen molar-refractivity contribution in [2.75, 3.05) is 24.6 Å². The molecule has 4 rings (SSSR count). The van der Waals surface area contributed by atoms with Gasteiger partial charge in [-0.25, -0.2) is 0 Å². The second-order valence-electron chi connectivity index (χ2n) is 7.21. The van der Waals surface area contributed by atoms with Gasteiger partial charge in [0.15, 0.2) is 0 Å². The summed E-state index contributed by atoms with van der Waals surface area (Å²) in [7, 11) is 0. The first kappa shape index (κ1) is 18.5. The van der Waals surface area contributed by atoms with Gasteiger partial charge < -0.3 is 15.5 Å². The summed E-state index contributed by atoms with van der Waals surface area (Å²) in [5.74, 6) is 1.44. The molecule has 2 unspecified atom stereocenters. The third-order valence-corrected chi connectivity index (χ3v) is 6.48. The van der Waals surface area contributed by atoms with Gasteiger partial charge in [-0.1, -0.05) is 18.2 Å². The Kier molecular flexibility index (Phi) is 5.47. The first-order valence-electron chi connectivity index (χ1n) is 9.41. The average molecular weight is 388 g/mol. The molecule has 3 heterocycles. The minimum absolute atomic E-state index is 0.106. The molecule has 3 aliphatic heterocycles. The van der Waals surface area contributed by atoms with Gasteiger partial charge in [0.25, 0.3) is 5.91 Å². The molecule has 0 bridgehead atoms. The maximum atomic E-state index is 13.1. The van der Waals surface area contributed by atoms with Gasteiger partial charge in [-0.05, 0) is 17.5 Å². The van der Waals surface area contributed by atoms with Crippen LogP contribution in [0.5, 0.6) is 0 Å². The Morgan fingerprint density at radius 2 is 2.15 bits per heavy atom. The van der Waals surface area contributed by atoms with E-state index in [0.29, 0.717) is 31.1 Å². The van der Waals surface area contributed by atoms with E-state index < -0.39 is 6.04 Å². The van der Waals surface area contributed by atoms with Crippen molar-refractivity contribution in [2.45, 2.75) is 38.0 Å². The molecular formula is C19H24N4O3S. The monoisotopic (exact) mass is 388 g/mol. The van der Waals surface area contributed by atoms with Gasteiger partial charge >= 0.3 is 0 Å². The Morgan fingerprint density at radius 3 is 3.00 bits per heavy atom. The SMILES string of the molecule is O=C1CCC(N2Cc3cccc(CNC4CNCCSC4)c3C2=O)C(=O)N1. The van der Waals surface area contributed by atoms with Gasteiger partial charge in [0.05, 0.1) is 0 Å². The van der Waals surface area contributed by atoms with E-state index >= 15 is 0 Å². The molecule has 0 radical (unpaired) electrons. The molecule has 7 nitrogen and oxygen atoms in total. The summed E-state index contributed by atoms with van der Waals surface area (Å²) in [6.07, 6.45) is 0.667. The number of thioether (sulfide) groups is 1. The van der Waals surface area contributed by atoms with Crippen LogP contribution in [0.15, 0.2) is 18.2 Å². The maximum Gasteiger partial charge on any atom is 0.255 e. The standard InChI is InChI=1S/C19H24N4O3S/c24-16-5-4-15(18(25)22-16)23-10-13-3-1-2-12(17(13)19(23)26)8-21-14-9-20-6-7-27-11-14/h1-3,14-15,20-21H,4-11H2,(H,22,24,25). The van der Waals surface area contributed by atoms with Crippen molar-refractivity contribution in [2.24, 2.45) is 0 Å². The number of hydrogen-bond donors (Lipinski definition) is 3. The van der Waals surface area contributed by atoms with E-state index in [4.69, 9.17) is 0 Å². The smallest absolute Gasteiger partial charge is 0.255 e. The summed E-state index contributed by atoms with van der Waals surface area (Å²) in [5, 5.41) is 9.33. The number of carbonyl (C=O) groups is 3. The second kappa shape index (κ2) is 8.00. The number of benzene rings is 1. The van der Waals surface area contributed by atoms with E-state index in [-0.39, 0.29) is 24.1 Å². The maximum absolute atomic E-state index is 13.1. The Hall–Kier alpha value is -1.90. The number of amides is 3. The van der Waals surface area contributed by atoms with Crippen LogP contribution in [-0.2, 0) is 22.7 Å². The molecule has 2 fully saturated rings. The molecule has 8 heteroatoms. The van der Waals surface area contributed by atoms with Crippen LogP contribution in [0.4, 0.5) is 0 Å². The third kappa shape index (κ3) is 3.88. The number of nitrogens with one attached hydrogen (secondary N) is 3. The first-order chi connectivity index (χ1) is 13.1. The van der Waals surface area contributed by atoms with Gasteiger partial charge in [0.2, 0.25) is 11.8 Å². The van der Waals surface area contributed by atoms with E-state index in [1.54, 1.807) is 4.90 Å². The van der Waals surface area contributed by atoms with Gasteiger partial charge in [0.1, 0.15) is 6.04 Å². The van der Waals surface area contributed by atoms with Crippen LogP contribution in [0.25, 0.3) is 0 Å². The lowest BCUT2D eigenvalue weighted by atomic mass is 10.0. The summed E-state index contributed by atoms with van der Waals surface area (Å²) in [5.41, 5.74) is 2.64. The van der Waals surface area contributed by atoms with Crippen molar-refractivity contribution in [3.05, 3.63) is 34.9 Å². The van der Waals surface area contributed by atoms with Gasteiger partial charge in [0, 0.05) is 55.7 Å². The average Bonchev–Trinajstić information content (AvgIpc) is 2.83. The summed E-state index contributed by atoms with van der Waals surface area (Å²) < 4.78 is 0. The Morgan fingerprint density at radius 1 is 1.26 bits per heavy atom. The molecule has 3 amide bonds. The molecule has 0 aliphatic carbocycles. The molecule has 0 spiro atoms. The van der Waals surface area contributed by atoms with Crippen LogP contribution in [0.2, 0.25) is 0 Å². The largest absolute Gasteiger partial charge is 0.322 e. The molecule has 3 N–H and O–H groups in total. The first-order valence-corrected chi connectivity index (χ1v) is 10.6. The van der Waals surface area contributed by atoms with E-state index in [2.05, 4.69) is 16.0 Å². The lowest BCUT2D eigenvalue weighted by Crippen LogP contribution is -2.52. The van der Waals surface area contributed by atoms with Crippen molar-refractivity contribution < 1.29 is 14.4 Å². The highest BCUT2D eigenvalue weighted by atomic mass is 32.2. The lowest BCUT2D eigenvalue weighted by molar-refractivity contribution is -0.136. The lowest BCUT2D eigenvalue weighted by Gasteiger charge is -2.29. The van der Waals surface area contributed by atoms with Gasteiger partial charge in [-0.2, -0.15) is 11.8 Å². The van der Waals surface area contributed by atoms with Crippen molar-refractivity contribution >= 4 is 29.5 Å². The Balaban J connectivity index is 1.48. The topological polar surface area (TPSA) is 90.5 Å². The van der Waals surface area contributed by atoms with E-state index in [9.17, 15) is 14.4 Å². The van der Waals surface area contributed by atoms with E-state index in [1.807, 2.05) is 30.0 Å². The van der Waals surface area contributed by atoms with Crippen molar-refractivity contribution in [1.82, 2.24) is 20.9 Å². The summed E-state index contributed by atoms with van der Waals surface area (Å²) in [6, 6.07) is 5.71. The summed E-state index contributed by atoms with van der Waals surface area (Å²) in [6.45, 7) is 3.02. The zero-order valence-corrected chi connectivity index (χ0v) is 15.9. The quantitative estimate of drug-likeness (QED) is 0.641. The molecule has 2 saturated heterocycles. The summed E-state index contributed by atoms with van der Waals surface area (Å²) >= 11 is 1.93. The molecule has 27 heavy (non-hydrogen) atoms.